The lowest BCUT2D eigenvalue weighted by Gasteiger charge is -2.28. The van der Waals surface area contributed by atoms with Crippen LogP contribution in [0.2, 0.25) is 0 Å². The van der Waals surface area contributed by atoms with Crippen LogP contribution in [0.1, 0.15) is 29.8 Å². The highest BCUT2D eigenvalue weighted by molar-refractivity contribution is 7.91. The van der Waals surface area contributed by atoms with E-state index in [4.69, 9.17) is 4.74 Å². The van der Waals surface area contributed by atoms with Gasteiger partial charge in [-0.05, 0) is 19.3 Å². The highest BCUT2D eigenvalue weighted by atomic mass is 32.2. The summed E-state index contributed by atoms with van der Waals surface area (Å²) in [5.74, 6) is -0.917. The number of esters is 1. The van der Waals surface area contributed by atoms with Crippen molar-refractivity contribution >= 4 is 38.2 Å². The minimum Gasteiger partial charge on any atom is -0.451 e. The lowest BCUT2D eigenvalue weighted by atomic mass is 10.2. The second-order valence-electron chi connectivity index (χ2n) is 6.37. The third-order valence-corrected chi connectivity index (χ3v) is 6.82. The zero-order valence-corrected chi connectivity index (χ0v) is 15.9. The Labute approximate surface area is 156 Å². The fraction of sp³-hybridized carbons (Fsp3) is 0.562. The molecule has 0 spiro atoms. The molecule has 1 saturated carbocycles. The number of anilines is 1. The number of ether oxygens (including phenoxy) is 1. The number of amides is 1. The molecule has 1 amide bonds. The average Bonchev–Trinajstić information content (AvgIpc) is 3.19. The van der Waals surface area contributed by atoms with Gasteiger partial charge in [0.05, 0.1) is 11.5 Å². The first-order chi connectivity index (χ1) is 12.4. The molecule has 26 heavy (non-hydrogen) atoms. The molecule has 1 aliphatic carbocycles. The van der Waals surface area contributed by atoms with Gasteiger partial charge in [0, 0.05) is 24.0 Å². The summed E-state index contributed by atoms with van der Waals surface area (Å²) in [5.41, 5.74) is 0.135. The number of hydrogen-bond donors (Lipinski definition) is 1. The summed E-state index contributed by atoms with van der Waals surface area (Å²) in [7, 11) is -3.08. The Morgan fingerprint density at radius 2 is 2.15 bits per heavy atom. The van der Waals surface area contributed by atoms with Crippen LogP contribution in [0.4, 0.5) is 5.13 Å². The number of nitrogens with one attached hydrogen (secondary N) is 1. The Hall–Kier alpha value is -1.94. The van der Waals surface area contributed by atoms with Gasteiger partial charge in [-0.25, -0.2) is 18.2 Å². The summed E-state index contributed by atoms with van der Waals surface area (Å²) >= 11 is 1.26. The van der Waals surface area contributed by atoms with E-state index < -0.39 is 22.4 Å². The first-order valence-corrected chi connectivity index (χ1v) is 11.1. The van der Waals surface area contributed by atoms with Crippen molar-refractivity contribution in [1.29, 1.82) is 0 Å². The normalized spacial score (nSPS) is 21.2. The van der Waals surface area contributed by atoms with Crippen LogP contribution in [-0.4, -0.2) is 66.9 Å². The van der Waals surface area contributed by atoms with Gasteiger partial charge in [0.25, 0.3) is 5.91 Å². The van der Waals surface area contributed by atoms with Crippen molar-refractivity contribution in [3.8, 4) is 0 Å². The van der Waals surface area contributed by atoms with Gasteiger partial charge < -0.3 is 15.0 Å². The molecule has 1 aromatic rings. The highest BCUT2D eigenvalue weighted by Gasteiger charge is 2.42. The Balaban J connectivity index is 1.55. The number of sulfone groups is 1. The molecule has 3 rings (SSSR count). The van der Waals surface area contributed by atoms with Gasteiger partial charge in [-0.3, -0.25) is 4.79 Å². The molecule has 0 radical (unpaired) electrons. The monoisotopic (exact) mass is 399 g/mol. The molecule has 0 unspecified atom stereocenters. The van der Waals surface area contributed by atoms with E-state index in [-0.39, 0.29) is 35.2 Å². The Morgan fingerprint density at radius 3 is 2.77 bits per heavy atom. The third-order valence-electron chi connectivity index (χ3n) is 4.27. The van der Waals surface area contributed by atoms with Gasteiger partial charge in [-0.15, -0.1) is 17.9 Å². The molecule has 8 nitrogen and oxygen atoms in total. The van der Waals surface area contributed by atoms with Gasteiger partial charge in [0.2, 0.25) is 0 Å². The molecule has 1 atom stereocenters. The molecule has 1 aromatic heterocycles. The largest absolute Gasteiger partial charge is 0.451 e. The van der Waals surface area contributed by atoms with Crippen molar-refractivity contribution in [2.24, 2.45) is 0 Å². The SMILES string of the molecule is C=CCNc1nc(C(=O)OCC(=O)N(C2CC2)[C@@H]2CCS(=O)(=O)C2)cs1. The summed E-state index contributed by atoms with van der Waals surface area (Å²) in [6, 6.07) is -0.249. The maximum Gasteiger partial charge on any atom is 0.358 e. The summed E-state index contributed by atoms with van der Waals surface area (Å²) in [5, 5.41) is 5.09. The Kier molecular flexibility index (Phi) is 5.61. The van der Waals surface area contributed by atoms with Gasteiger partial charge in [-0.1, -0.05) is 6.08 Å². The van der Waals surface area contributed by atoms with Crippen LogP contribution in [0.25, 0.3) is 0 Å². The number of nitrogens with zero attached hydrogens (tertiary/aromatic N) is 2. The third kappa shape index (κ3) is 4.61. The first kappa shape index (κ1) is 18.8. The topological polar surface area (TPSA) is 106 Å². The molecule has 2 fully saturated rings. The predicted molar refractivity (Wildman–Crippen MR) is 98.0 cm³/mol. The molecule has 2 aliphatic rings. The summed E-state index contributed by atoms with van der Waals surface area (Å²) in [4.78, 5) is 30.3. The van der Waals surface area contributed by atoms with Crippen molar-refractivity contribution in [2.75, 3.05) is 30.0 Å². The van der Waals surface area contributed by atoms with Gasteiger partial charge >= 0.3 is 5.97 Å². The van der Waals surface area contributed by atoms with Crippen molar-refractivity contribution in [1.82, 2.24) is 9.88 Å². The van der Waals surface area contributed by atoms with E-state index in [1.54, 1.807) is 16.4 Å². The Bertz CT molecular complexity index is 801. The van der Waals surface area contributed by atoms with Crippen molar-refractivity contribution < 1.29 is 22.7 Å². The van der Waals surface area contributed by atoms with Crippen LogP contribution in [0.15, 0.2) is 18.0 Å². The van der Waals surface area contributed by atoms with E-state index in [1.165, 1.54) is 11.3 Å². The summed E-state index contributed by atoms with van der Waals surface area (Å²) in [6.45, 7) is 3.71. The predicted octanol–water partition coefficient (Wildman–Crippen LogP) is 1.08. The smallest absolute Gasteiger partial charge is 0.358 e. The van der Waals surface area contributed by atoms with E-state index in [1.807, 2.05) is 0 Å². The first-order valence-electron chi connectivity index (χ1n) is 8.38. The zero-order chi connectivity index (χ0) is 18.7. The van der Waals surface area contributed by atoms with Gasteiger partial charge in [0.15, 0.2) is 27.3 Å². The van der Waals surface area contributed by atoms with Crippen molar-refractivity contribution in [2.45, 2.75) is 31.3 Å². The van der Waals surface area contributed by atoms with E-state index in [0.29, 0.717) is 18.1 Å². The van der Waals surface area contributed by atoms with Crippen LogP contribution < -0.4 is 5.32 Å². The molecule has 2 heterocycles. The minimum absolute atomic E-state index is 0.00634. The molecule has 142 valence electrons. The maximum atomic E-state index is 12.5. The van der Waals surface area contributed by atoms with E-state index in [0.717, 1.165) is 12.8 Å². The fourth-order valence-electron chi connectivity index (χ4n) is 2.94. The number of carbonyl (C=O) groups excluding carboxylic acids is 2. The molecule has 0 bridgehead atoms. The van der Waals surface area contributed by atoms with Crippen LogP contribution in [0, 0.1) is 0 Å². The van der Waals surface area contributed by atoms with Crippen LogP contribution in [-0.2, 0) is 19.4 Å². The lowest BCUT2D eigenvalue weighted by molar-refractivity contribution is -0.137. The maximum absolute atomic E-state index is 12.5. The highest BCUT2D eigenvalue weighted by Crippen LogP contribution is 2.32. The zero-order valence-electron chi connectivity index (χ0n) is 14.2. The second-order valence-corrected chi connectivity index (χ2v) is 9.46. The van der Waals surface area contributed by atoms with Crippen molar-refractivity contribution in [3.05, 3.63) is 23.7 Å². The van der Waals surface area contributed by atoms with Crippen LogP contribution in [0.3, 0.4) is 0 Å². The number of thiazole rings is 1. The minimum atomic E-state index is -3.08. The van der Waals surface area contributed by atoms with E-state index >= 15 is 0 Å². The molecule has 1 saturated heterocycles. The number of aromatic nitrogens is 1. The standard InChI is InChI=1S/C16H21N3O5S2/c1-2-6-17-16-18-13(9-25-16)15(21)24-8-14(20)19(11-3-4-11)12-5-7-26(22,23)10-12/h2,9,11-12H,1,3-8,10H2,(H,17,18)/t12-/m1/s1. The van der Waals surface area contributed by atoms with Gasteiger partial charge in [0.1, 0.15) is 0 Å². The van der Waals surface area contributed by atoms with Crippen molar-refractivity contribution in [3.63, 3.8) is 0 Å². The number of carbonyl (C=O) groups is 2. The Morgan fingerprint density at radius 1 is 1.38 bits per heavy atom. The molecule has 0 aromatic carbocycles. The lowest BCUT2D eigenvalue weighted by Crippen LogP contribution is -2.44. The molecule has 1 aliphatic heterocycles. The fourth-order valence-corrected chi connectivity index (χ4v) is 5.34. The summed E-state index contributed by atoms with van der Waals surface area (Å²) in [6.07, 6.45) is 3.85. The molecular formula is C16H21N3O5S2. The van der Waals surface area contributed by atoms with Crippen LogP contribution in [0.5, 0.6) is 0 Å². The number of hydrogen-bond acceptors (Lipinski definition) is 8. The second kappa shape index (κ2) is 7.75. The molecule has 10 heteroatoms. The molecule has 1 N–H and O–H groups in total. The quantitative estimate of drug-likeness (QED) is 0.515. The van der Waals surface area contributed by atoms with E-state index in [9.17, 15) is 18.0 Å². The van der Waals surface area contributed by atoms with E-state index in [2.05, 4.69) is 16.9 Å². The molecular weight excluding hydrogens is 378 g/mol. The van der Waals surface area contributed by atoms with Gasteiger partial charge in [-0.2, -0.15) is 0 Å². The summed E-state index contributed by atoms with van der Waals surface area (Å²) < 4.78 is 28.5. The van der Waals surface area contributed by atoms with Crippen LogP contribution >= 0.6 is 11.3 Å². The number of rotatable bonds is 8. The average molecular weight is 399 g/mol.